The number of hydrogen-bond donors (Lipinski definition) is 1. The van der Waals surface area contributed by atoms with Crippen molar-refractivity contribution in [1.29, 1.82) is 5.26 Å². The number of nitrogens with zero attached hydrogens (tertiary/aromatic N) is 2. The van der Waals surface area contributed by atoms with Crippen molar-refractivity contribution < 1.29 is 8.42 Å². The third-order valence-electron chi connectivity index (χ3n) is 3.63. The van der Waals surface area contributed by atoms with E-state index in [4.69, 9.17) is 5.26 Å². The Morgan fingerprint density at radius 2 is 2.29 bits per heavy atom. The molecule has 0 saturated carbocycles. The topological polar surface area (TPSA) is 73.2 Å². The average molecular weight is 372 g/mol. The first kappa shape index (κ1) is 16.3. The van der Waals surface area contributed by atoms with E-state index in [1.165, 1.54) is 6.26 Å². The van der Waals surface area contributed by atoms with Gasteiger partial charge in [0, 0.05) is 29.8 Å². The molecule has 7 heteroatoms. The molecule has 0 amide bonds. The molecule has 2 rings (SSSR count). The van der Waals surface area contributed by atoms with Crippen LogP contribution in [0.5, 0.6) is 0 Å². The average Bonchev–Trinajstić information content (AvgIpc) is 2.45. The second-order valence-corrected chi connectivity index (χ2v) is 8.15. The van der Waals surface area contributed by atoms with Gasteiger partial charge >= 0.3 is 0 Å². The van der Waals surface area contributed by atoms with E-state index in [2.05, 4.69) is 27.3 Å². The molecule has 0 aliphatic carbocycles. The lowest BCUT2D eigenvalue weighted by Crippen LogP contribution is -2.41. The SMILES string of the molecule is CS(=O)(=O)N1CCCC(CNc2ccc(C#N)cc2Br)C1. The largest absolute Gasteiger partial charge is 0.384 e. The maximum Gasteiger partial charge on any atom is 0.211 e. The maximum atomic E-state index is 11.6. The summed E-state index contributed by atoms with van der Waals surface area (Å²) >= 11 is 3.44. The molecule has 1 atom stereocenters. The number of halogens is 1. The Morgan fingerprint density at radius 3 is 2.90 bits per heavy atom. The molecule has 1 aromatic rings. The van der Waals surface area contributed by atoms with Crippen molar-refractivity contribution >= 4 is 31.6 Å². The van der Waals surface area contributed by atoms with Gasteiger partial charge in [-0.2, -0.15) is 5.26 Å². The van der Waals surface area contributed by atoms with Crippen LogP contribution in [0.2, 0.25) is 0 Å². The number of hydrogen-bond acceptors (Lipinski definition) is 4. The summed E-state index contributed by atoms with van der Waals surface area (Å²) < 4.78 is 25.6. The molecule has 1 aliphatic heterocycles. The van der Waals surface area contributed by atoms with E-state index >= 15 is 0 Å². The fourth-order valence-corrected chi connectivity index (χ4v) is 3.94. The molecule has 0 radical (unpaired) electrons. The zero-order chi connectivity index (χ0) is 15.5. The van der Waals surface area contributed by atoms with Crippen LogP contribution in [0.25, 0.3) is 0 Å². The molecular weight excluding hydrogens is 354 g/mol. The highest BCUT2D eigenvalue weighted by atomic mass is 79.9. The van der Waals surface area contributed by atoms with Gasteiger partial charge in [-0.05, 0) is 52.9 Å². The molecule has 21 heavy (non-hydrogen) atoms. The minimum absolute atomic E-state index is 0.302. The van der Waals surface area contributed by atoms with Crippen LogP contribution >= 0.6 is 15.9 Å². The molecule has 114 valence electrons. The van der Waals surface area contributed by atoms with Crippen molar-refractivity contribution in [3.05, 3.63) is 28.2 Å². The molecule has 1 N–H and O–H groups in total. The van der Waals surface area contributed by atoms with Crippen LogP contribution in [0.4, 0.5) is 5.69 Å². The highest BCUT2D eigenvalue weighted by Gasteiger charge is 2.25. The van der Waals surface area contributed by atoms with Crippen molar-refractivity contribution in [1.82, 2.24) is 4.31 Å². The summed E-state index contributed by atoms with van der Waals surface area (Å²) in [5.74, 6) is 0.302. The van der Waals surface area contributed by atoms with Crippen LogP contribution in [0.1, 0.15) is 18.4 Å². The van der Waals surface area contributed by atoms with E-state index in [0.29, 0.717) is 24.6 Å². The summed E-state index contributed by atoms with van der Waals surface area (Å²) in [5, 5.41) is 12.2. The maximum absolute atomic E-state index is 11.6. The van der Waals surface area contributed by atoms with Crippen molar-refractivity contribution in [2.45, 2.75) is 12.8 Å². The van der Waals surface area contributed by atoms with E-state index < -0.39 is 10.0 Å². The number of sulfonamides is 1. The monoisotopic (exact) mass is 371 g/mol. The lowest BCUT2D eigenvalue weighted by Gasteiger charge is -2.31. The Bertz CT molecular complexity index is 655. The summed E-state index contributed by atoms with van der Waals surface area (Å²) in [6.45, 7) is 1.91. The molecule has 0 aromatic heterocycles. The first-order chi connectivity index (χ1) is 9.90. The van der Waals surface area contributed by atoms with Gasteiger partial charge in [0.05, 0.1) is 17.9 Å². The van der Waals surface area contributed by atoms with Crippen LogP contribution in [0.3, 0.4) is 0 Å². The summed E-state index contributed by atoms with van der Waals surface area (Å²) in [6, 6.07) is 7.48. The third kappa shape index (κ3) is 4.43. The summed E-state index contributed by atoms with van der Waals surface area (Å²) in [4.78, 5) is 0. The number of nitriles is 1. The van der Waals surface area contributed by atoms with Crippen molar-refractivity contribution in [2.24, 2.45) is 5.92 Å². The molecule has 5 nitrogen and oxygen atoms in total. The first-order valence-corrected chi connectivity index (χ1v) is 9.43. The van der Waals surface area contributed by atoms with Gasteiger partial charge in [0.25, 0.3) is 0 Å². The Balaban J connectivity index is 1.96. The van der Waals surface area contributed by atoms with Crippen molar-refractivity contribution in [3.63, 3.8) is 0 Å². The zero-order valence-electron chi connectivity index (χ0n) is 11.8. The second kappa shape index (κ2) is 6.77. The van der Waals surface area contributed by atoms with Crippen LogP contribution < -0.4 is 5.32 Å². The lowest BCUT2D eigenvalue weighted by molar-refractivity contribution is 0.277. The Hall–Kier alpha value is -1.10. The molecule has 1 saturated heterocycles. The molecular formula is C14H18BrN3O2S. The summed E-state index contributed by atoms with van der Waals surface area (Å²) in [7, 11) is -3.10. The molecule has 1 unspecified atom stereocenters. The van der Waals surface area contributed by atoms with Crippen molar-refractivity contribution in [3.8, 4) is 6.07 Å². The number of rotatable bonds is 4. The second-order valence-electron chi connectivity index (χ2n) is 5.32. The quantitative estimate of drug-likeness (QED) is 0.881. The highest BCUT2D eigenvalue weighted by molar-refractivity contribution is 9.10. The minimum Gasteiger partial charge on any atom is -0.384 e. The van der Waals surface area contributed by atoms with E-state index in [-0.39, 0.29) is 0 Å². The predicted molar refractivity (Wildman–Crippen MR) is 86.5 cm³/mol. The zero-order valence-corrected chi connectivity index (χ0v) is 14.2. The third-order valence-corrected chi connectivity index (χ3v) is 5.56. The van der Waals surface area contributed by atoms with E-state index in [0.717, 1.165) is 29.5 Å². The molecule has 1 aromatic carbocycles. The van der Waals surface area contributed by atoms with Gasteiger partial charge in [-0.3, -0.25) is 0 Å². The number of nitrogens with one attached hydrogen (secondary N) is 1. The van der Waals surface area contributed by atoms with Gasteiger partial charge in [0.1, 0.15) is 0 Å². The van der Waals surface area contributed by atoms with Crippen LogP contribution in [-0.4, -0.2) is 38.6 Å². The van der Waals surface area contributed by atoms with Crippen molar-refractivity contribution in [2.75, 3.05) is 31.2 Å². The standard InChI is InChI=1S/C14H18BrN3O2S/c1-21(19,20)18-6-2-3-12(10-18)9-17-14-5-4-11(8-16)7-13(14)15/h4-5,7,12,17H,2-3,6,9-10H2,1H3. The van der Waals surface area contributed by atoms with E-state index in [1.807, 2.05) is 6.07 Å². The number of benzene rings is 1. The smallest absolute Gasteiger partial charge is 0.211 e. The summed E-state index contributed by atoms with van der Waals surface area (Å²) in [5.41, 5.74) is 1.53. The molecule has 1 fully saturated rings. The van der Waals surface area contributed by atoms with Gasteiger partial charge in [-0.1, -0.05) is 0 Å². The van der Waals surface area contributed by atoms with E-state index in [9.17, 15) is 8.42 Å². The normalized spacial score (nSPS) is 20.0. The molecule has 0 bridgehead atoms. The van der Waals surface area contributed by atoms with E-state index in [1.54, 1.807) is 16.4 Å². The molecule has 0 spiro atoms. The van der Waals surface area contributed by atoms with Crippen LogP contribution in [0, 0.1) is 17.2 Å². The Morgan fingerprint density at radius 1 is 1.52 bits per heavy atom. The fraction of sp³-hybridized carbons (Fsp3) is 0.500. The van der Waals surface area contributed by atoms with Crippen LogP contribution in [-0.2, 0) is 10.0 Å². The van der Waals surface area contributed by atoms with Gasteiger partial charge in [-0.25, -0.2) is 12.7 Å². The minimum atomic E-state index is -3.10. The Kier molecular flexibility index (Phi) is 5.25. The molecule has 1 aliphatic rings. The number of anilines is 1. The fourth-order valence-electron chi connectivity index (χ4n) is 2.48. The van der Waals surface area contributed by atoms with Gasteiger partial charge in [0.15, 0.2) is 0 Å². The molecule has 1 heterocycles. The Labute approximate surface area is 134 Å². The van der Waals surface area contributed by atoms with Gasteiger partial charge in [0.2, 0.25) is 10.0 Å². The lowest BCUT2D eigenvalue weighted by atomic mass is 9.99. The first-order valence-electron chi connectivity index (χ1n) is 6.79. The summed E-state index contributed by atoms with van der Waals surface area (Å²) in [6.07, 6.45) is 3.18. The van der Waals surface area contributed by atoms with Gasteiger partial charge in [-0.15, -0.1) is 0 Å². The van der Waals surface area contributed by atoms with Gasteiger partial charge < -0.3 is 5.32 Å². The van der Waals surface area contributed by atoms with Crippen LogP contribution in [0.15, 0.2) is 22.7 Å². The predicted octanol–water partition coefficient (Wildman–Crippen LogP) is 2.40. The number of piperidine rings is 1. The highest BCUT2D eigenvalue weighted by Crippen LogP contribution is 2.25.